The van der Waals surface area contributed by atoms with E-state index >= 15 is 0 Å². The van der Waals surface area contributed by atoms with E-state index in [1.807, 2.05) is 18.5 Å². The van der Waals surface area contributed by atoms with Crippen LogP contribution in [0, 0.1) is 13.8 Å². The number of hydrogen-bond donors (Lipinski definition) is 0. The number of hydrogen-bond acceptors (Lipinski definition) is 7. The lowest BCUT2D eigenvalue weighted by Gasteiger charge is -2.22. The van der Waals surface area contributed by atoms with Gasteiger partial charge in [0.05, 0.1) is 19.7 Å². The molecule has 0 radical (unpaired) electrons. The minimum atomic E-state index is 0.434. The molecule has 0 saturated carbocycles. The van der Waals surface area contributed by atoms with E-state index in [1.165, 1.54) is 6.42 Å². The average molecular weight is 320 g/mol. The monoisotopic (exact) mass is 320 g/mol. The molecule has 1 saturated heterocycles. The van der Waals surface area contributed by atoms with Crippen LogP contribution >= 0.6 is 0 Å². The molecule has 0 spiro atoms. The Labute approximate surface area is 135 Å². The maximum absolute atomic E-state index is 5.36. The van der Waals surface area contributed by atoms with Crippen molar-refractivity contribution in [1.82, 2.24) is 29.8 Å². The zero-order chi connectivity index (χ0) is 16.2. The van der Waals surface area contributed by atoms with Crippen molar-refractivity contribution in [3.8, 4) is 0 Å². The molecule has 2 aromatic heterocycles. The van der Waals surface area contributed by atoms with E-state index in [1.54, 1.807) is 7.11 Å². The van der Waals surface area contributed by atoms with Gasteiger partial charge in [-0.3, -0.25) is 4.90 Å². The van der Waals surface area contributed by atoms with E-state index in [9.17, 15) is 0 Å². The topological polar surface area (TPSA) is 82.1 Å². The van der Waals surface area contributed by atoms with Crippen molar-refractivity contribution in [3.05, 3.63) is 23.4 Å². The number of aryl methyl sites for hydroxylation is 2. The molecule has 8 heteroatoms. The summed E-state index contributed by atoms with van der Waals surface area (Å²) in [6.45, 7) is 7.13. The van der Waals surface area contributed by atoms with E-state index in [0.29, 0.717) is 37.3 Å². The molecule has 1 aliphatic heterocycles. The van der Waals surface area contributed by atoms with Crippen LogP contribution in [0.5, 0.6) is 0 Å². The van der Waals surface area contributed by atoms with Gasteiger partial charge < -0.3 is 9.26 Å². The van der Waals surface area contributed by atoms with Crippen LogP contribution in [-0.2, 0) is 24.2 Å². The molecule has 2 aromatic rings. The molecule has 0 aliphatic carbocycles. The molecule has 1 aliphatic rings. The second kappa shape index (κ2) is 7.18. The number of ether oxygens (including phenoxy) is 1. The molecule has 0 N–H and O–H groups in total. The molecule has 0 aromatic carbocycles. The van der Waals surface area contributed by atoms with Gasteiger partial charge in [0, 0.05) is 19.6 Å². The van der Waals surface area contributed by atoms with Gasteiger partial charge in [-0.15, -0.1) is 0 Å². The van der Waals surface area contributed by atoms with Crippen molar-refractivity contribution in [3.63, 3.8) is 0 Å². The highest BCUT2D eigenvalue weighted by molar-refractivity contribution is 4.92. The van der Waals surface area contributed by atoms with Gasteiger partial charge in [-0.2, -0.15) is 10.1 Å². The number of nitrogens with zero attached hydrogens (tertiary/aromatic N) is 6. The van der Waals surface area contributed by atoms with E-state index in [4.69, 9.17) is 9.26 Å². The van der Waals surface area contributed by atoms with Gasteiger partial charge in [0.2, 0.25) is 5.89 Å². The minimum Gasteiger partial charge on any atom is -0.384 e. The summed E-state index contributed by atoms with van der Waals surface area (Å²) in [7, 11) is 1.67. The lowest BCUT2D eigenvalue weighted by Crippen LogP contribution is -2.33. The normalized spacial score (nSPS) is 18.8. The molecule has 3 rings (SSSR count). The predicted molar refractivity (Wildman–Crippen MR) is 82.8 cm³/mol. The third-order valence-electron chi connectivity index (χ3n) is 4.22. The van der Waals surface area contributed by atoms with Crippen LogP contribution in [0.2, 0.25) is 0 Å². The van der Waals surface area contributed by atoms with Gasteiger partial charge >= 0.3 is 0 Å². The highest BCUT2D eigenvalue weighted by Crippen LogP contribution is 2.21. The van der Waals surface area contributed by atoms with Gasteiger partial charge in [0.25, 0.3) is 0 Å². The Balaban J connectivity index is 1.60. The second-order valence-corrected chi connectivity index (χ2v) is 6.00. The Bertz CT molecular complexity index is 638. The van der Waals surface area contributed by atoms with Crippen molar-refractivity contribution in [2.24, 2.45) is 0 Å². The maximum atomic E-state index is 5.36. The molecule has 3 heterocycles. The first-order chi connectivity index (χ1) is 11.2. The lowest BCUT2D eigenvalue weighted by atomic mass is 10.2. The third kappa shape index (κ3) is 3.94. The first kappa shape index (κ1) is 16.1. The summed E-state index contributed by atoms with van der Waals surface area (Å²) in [4.78, 5) is 11.2. The van der Waals surface area contributed by atoms with Crippen molar-refractivity contribution in [2.75, 3.05) is 20.3 Å². The lowest BCUT2D eigenvalue weighted by molar-refractivity contribution is 0.190. The zero-order valence-electron chi connectivity index (χ0n) is 14.0. The number of aromatic nitrogens is 5. The highest BCUT2D eigenvalue weighted by Gasteiger charge is 2.27. The molecule has 0 unspecified atom stereocenters. The van der Waals surface area contributed by atoms with E-state index < -0.39 is 0 Å². The fourth-order valence-electron chi connectivity index (χ4n) is 3.07. The summed E-state index contributed by atoms with van der Waals surface area (Å²) >= 11 is 0. The Morgan fingerprint density at radius 2 is 2.17 bits per heavy atom. The molecular weight excluding hydrogens is 296 g/mol. The first-order valence-electron chi connectivity index (χ1n) is 8.08. The number of methoxy groups -OCH3 is 1. The highest BCUT2D eigenvalue weighted by atomic mass is 16.5. The largest absolute Gasteiger partial charge is 0.384 e. The fourth-order valence-corrected chi connectivity index (χ4v) is 3.07. The SMILES string of the molecule is COCCc1noc(CN2CCC[C@H]2Cn2nc(C)nc2C)n1. The fraction of sp³-hybridized carbons (Fsp3) is 0.733. The van der Waals surface area contributed by atoms with Gasteiger partial charge in [-0.1, -0.05) is 5.16 Å². The van der Waals surface area contributed by atoms with E-state index in [0.717, 1.165) is 31.2 Å². The number of rotatable bonds is 7. The summed E-state index contributed by atoms with van der Waals surface area (Å²) in [5.74, 6) is 3.18. The van der Waals surface area contributed by atoms with Crippen molar-refractivity contribution in [1.29, 1.82) is 0 Å². The van der Waals surface area contributed by atoms with Gasteiger partial charge in [0.15, 0.2) is 5.82 Å². The van der Waals surface area contributed by atoms with Crippen molar-refractivity contribution >= 4 is 0 Å². The van der Waals surface area contributed by atoms with Crippen LogP contribution in [0.4, 0.5) is 0 Å². The molecule has 1 atom stereocenters. The zero-order valence-corrected chi connectivity index (χ0v) is 14.0. The smallest absolute Gasteiger partial charge is 0.240 e. The van der Waals surface area contributed by atoms with Crippen LogP contribution in [0.1, 0.15) is 36.2 Å². The molecule has 23 heavy (non-hydrogen) atoms. The Morgan fingerprint density at radius 3 is 2.91 bits per heavy atom. The summed E-state index contributed by atoms with van der Waals surface area (Å²) in [5.41, 5.74) is 0. The van der Waals surface area contributed by atoms with E-state index in [2.05, 4.69) is 25.1 Å². The first-order valence-corrected chi connectivity index (χ1v) is 8.08. The Hall–Kier alpha value is -1.80. The van der Waals surface area contributed by atoms with Gasteiger partial charge in [-0.25, -0.2) is 9.67 Å². The Kier molecular flexibility index (Phi) is 5.02. The summed E-state index contributed by atoms with van der Waals surface area (Å²) < 4.78 is 12.4. The summed E-state index contributed by atoms with van der Waals surface area (Å²) in [6, 6.07) is 0.434. The van der Waals surface area contributed by atoms with Crippen molar-refractivity contribution in [2.45, 2.75) is 52.2 Å². The van der Waals surface area contributed by atoms with Crippen molar-refractivity contribution < 1.29 is 9.26 Å². The van der Waals surface area contributed by atoms with Gasteiger partial charge in [0.1, 0.15) is 11.6 Å². The maximum Gasteiger partial charge on any atom is 0.240 e. The minimum absolute atomic E-state index is 0.434. The standard InChI is InChI=1S/C15H24N6O2/c1-11-16-12(2)21(18-11)9-13-5-4-7-20(13)10-15-17-14(19-23-15)6-8-22-3/h13H,4-10H2,1-3H3/t13-/m0/s1. The predicted octanol–water partition coefficient (Wildman–Crippen LogP) is 1.13. The molecule has 0 bridgehead atoms. The summed E-state index contributed by atoms with van der Waals surface area (Å²) in [6.07, 6.45) is 3.02. The second-order valence-electron chi connectivity index (χ2n) is 6.00. The third-order valence-corrected chi connectivity index (χ3v) is 4.22. The van der Waals surface area contributed by atoms with Crippen LogP contribution in [0.15, 0.2) is 4.52 Å². The van der Waals surface area contributed by atoms with Crippen LogP contribution in [-0.4, -0.2) is 56.1 Å². The molecule has 1 fully saturated rings. The van der Waals surface area contributed by atoms with Crippen LogP contribution < -0.4 is 0 Å². The van der Waals surface area contributed by atoms with Gasteiger partial charge in [-0.05, 0) is 33.2 Å². The van der Waals surface area contributed by atoms with Crippen LogP contribution in [0.3, 0.4) is 0 Å². The quantitative estimate of drug-likeness (QED) is 0.756. The molecular formula is C15H24N6O2. The van der Waals surface area contributed by atoms with E-state index in [-0.39, 0.29) is 0 Å². The summed E-state index contributed by atoms with van der Waals surface area (Å²) in [5, 5.41) is 8.47. The average Bonchev–Trinajstić information content (AvgIpc) is 3.21. The Morgan fingerprint density at radius 1 is 1.30 bits per heavy atom. The molecule has 0 amide bonds. The molecule has 126 valence electrons. The molecule has 8 nitrogen and oxygen atoms in total. The number of likely N-dealkylation sites (tertiary alicyclic amines) is 1. The van der Waals surface area contributed by atoms with Crippen LogP contribution in [0.25, 0.3) is 0 Å².